The first-order chi connectivity index (χ1) is 20.7. The maximum Gasteiger partial charge on any atom is 0.345 e. The molecule has 6 rings (SSSR count). The van der Waals surface area contributed by atoms with E-state index in [1.807, 2.05) is 48.5 Å². The van der Waals surface area contributed by atoms with E-state index in [2.05, 4.69) is 51.8 Å². The zero-order valence-electron chi connectivity index (χ0n) is 22.3. The summed E-state index contributed by atoms with van der Waals surface area (Å²) in [6.07, 6.45) is 0.449. The van der Waals surface area contributed by atoms with Gasteiger partial charge in [-0.15, -0.1) is 0 Å². The van der Waals surface area contributed by atoms with E-state index in [9.17, 15) is 19.8 Å². The highest BCUT2D eigenvalue weighted by molar-refractivity contribution is 9.10. The van der Waals surface area contributed by atoms with Gasteiger partial charge in [0.25, 0.3) is 0 Å². The van der Waals surface area contributed by atoms with E-state index in [-0.39, 0.29) is 11.5 Å². The van der Waals surface area contributed by atoms with Crippen LogP contribution in [0.25, 0.3) is 45.0 Å². The Labute approximate surface area is 262 Å². The number of phenolic OH excluding ortho intramolecular Hbond substituents is 2. The molecule has 43 heavy (non-hydrogen) atoms. The molecule has 8 nitrogen and oxygen atoms in total. The minimum absolute atomic E-state index is 0.00795. The topological polar surface area (TPSA) is 132 Å². The summed E-state index contributed by atoms with van der Waals surface area (Å²) in [5.41, 5.74) is 4.89. The number of hydrogen-bond acceptors (Lipinski definition) is 6. The van der Waals surface area contributed by atoms with Crippen LogP contribution in [0.5, 0.6) is 11.5 Å². The molecule has 0 unspecified atom stereocenters. The molecular formula is C33H22Br2N4O4. The van der Waals surface area contributed by atoms with Crippen molar-refractivity contribution >= 4 is 31.9 Å². The molecule has 212 valence electrons. The third kappa shape index (κ3) is 6.35. The fourth-order valence-electron chi connectivity index (χ4n) is 4.80. The zero-order chi connectivity index (χ0) is 30.1. The molecule has 2 aromatic heterocycles. The molecule has 0 aliphatic heterocycles. The molecule has 0 radical (unpaired) electrons. The first-order valence-electron chi connectivity index (χ1n) is 13.1. The molecule has 4 N–H and O–H groups in total. The van der Waals surface area contributed by atoms with Crippen LogP contribution in [-0.2, 0) is 6.42 Å². The molecule has 0 aliphatic carbocycles. The molecule has 6 aromatic rings. The summed E-state index contributed by atoms with van der Waals surface area (Å²) in [5.74, 6) is 0.0159. The van der Waals surface area contributed by atoms with E-state index >= 15 is 0 Å². The van der Waals surface area contributed by atoms with Crippen molar-refractivity contribution in [2.24, 2.45) is 0 Å². The van der Waals surface area contributed by atoms with Gasteiger partial charge in [-0.3, -0.25) is 0 Å². The van der Waals surface area contributed by atoms with Crippen LogP contribution >= 0.6 is 31.9 Å². The molecule has 0 aliphatic rings. The standard InChI is InChI=1S/C33H22Br2N4O4/c34-22-7-3-20(4-8-22)26-16-28(38-32(42)36-26)24-14-18(1-11-30(24)40)13-19-2-12-31(41)25(15-19)29-17-27(37-33(43)39-29)21-5-9-23(35)10-6-21/h1-12,14-17,40-41H,13H2,(H,36,38,42)(H,37,39,43). The normalized spacial score (nSPS) is 11.0. The van der Waals surface area contributed by atoms with Gasteiger partial charge >= 0.3 is 11.4 Å². The Morgan fingerprint density at radius 3 is 1.35 bits per heavy atom. The van der Waals surface area contributed by atoms with E-state index in [1.165, 1.54) is 0 Å². The lowest BCUT2D eigenvalue weighted by Crippen LogP contribution is -2.12. The summed E-state index contributed by atoms with van der Waals surface area (Å²) >= 11 is 6.83. The lowest BCUT2D eigenvalue weighted by molar-refractivity contribution is 0.476. The Hall–Kier alpha value is -4.80. The van der Waals surface area contributed by atoms with E-state index in [0.717, 1.165) is 31.2 Å². The molecule has 0 saturated heterocycles. The second kappa shape index (κ2) is 11.8. The van der Waals surface area contributed by atoms with Crippen molar-refractivity contribution in [3.8, 4) is 56.5 Å². The van der Waals surface area contributed by atoms with E-state index in [1.54, 1.807) is 48.5 Å². The fourth-order valence-corrected chi connectivity index (χ4v) is 5.32. The first-order valence-corrected chi connectivity index (χ1v) is 14.7. The fraction of sp³-hybridized carbons (Fsp3) is 0.0303. The average molecular weight is 698 g/mol. The number of nitrogens with one attached hydrogen (secondary N) is 2. The van der Waals surface area contributed by atoms with Gasteiger partial charge in [-0.2, -0.15) is 9.97 Å². The molecule has 0 amide bonds. The van der Waals surface area contributed by atoms with E-state index in [4.69, 9.17) is 0 Å². The monoisotopic (exact) mass is 696 g/mol. The van der Waals surface area contributed by atoms with Gasteiger partial charge in [0.15, 0.2) is 0 Å². The van der Waals surface area contributed by atoms with Crippen molar-refractivity contribution in [1.82, 2.24) is 19.9 Å². The lowest BCUT2D eigenvalue weighted by atomic mass is 9.97. The quantitative estimate of drug-likeness (QED) is 0.148. The number of aromatic hydroxyl groups is 2. The lowest BCUT2D eigenvalue weighted by Gasteiger charge is -2.12. The minimum Gasteiger partial charge on any atom is -0.507 e. The second-order valence-electron chi connectivity index (χ2n) is 9.86. The molecule has 2 heterocycles. The molecule has 0 saturated carbocycles. The summed E-state index contributed by atoms with van der Waals surface area (Å²) in [7, 11) is 0. The molecule has 10 heteroatoms. The molecule has 0 fully saturated rings. The smallest absolute Gasteiger partial charge is 0.345 e. The van der Waals surface area contributed by atoms with Crippen molar-refractivity contribution in [3.63, 3.8) is 0 Å². The van der Waals surface area contributed by atoms with Crippen LogP contribution in [0, 0.1) is 0 Å². The summed E-state index contributed by atoms with van der Waals surface area (Å²) in [6, 6.07) is 28.7. The van der Waals surface area contributed by atoms with E-state index in [0.29, 0.717) is 40.3 Å². The number of hydrogen-bond donors (Lipinski definition) is 4. The Morgan fingerprint density at radius 1 is 0.558 bits per heavy atom. The van der Waals surface area contributed by atoms with Gasteiger partial charge in [0.2, 0.25) is 0 Å². The van der Waals surface area contributed by atoms with Gasteiger partial charge in [0.1, 0.15) is 11.5 Å². The third-order valence-electron chi connectivity index (χ3n) is 6.88. The van der Waals surface area contributed by atoms with Gasteiger partial charge < -0.3 is 20.2 Å². The average Bonchev–Trinajstić information content (AvgIpc) is 2.99. The highest BCUT2D eigenvalue weighted by atomic mass is 79.9. The van der Waals surface area contributed by atoms with Gasteiger partial charge in [-0.25, -0.2) is 9.59 Å². The second-order valence-corrected chi connectivity index (χ2v) is 11.7. The van der Waals surface area contributed by atoms with Crippen LogP contribution in [0.2, 0.25) is 0 Å². The number of halogens is 2. The van der Waals surface area contributed by atoms with Crippen LogP contribution in [0.3, 0.4) is 0 Å². The Morgan fingerprint density at radius 2 is 0.953 bits per heavy atom. The Balaban J connectivity index is 1.34. The summed E-state index contributed by atoms with van der Waals surface area (Å²) < 4.78 is 1.81. The number of aromatic amines is 2. The molecule has 4 aromatic carbocycles. The van der Waals surface area contributed by atoms with Gasteiger partial charge in [0, 0.05) is 31.2 Å². The maximum absolute atomic E-state index is 12.5. The Bertz CT molecular complexity index is 1940. The van der Waals surface area contributed by atoms with Crippen LogP contribution < -0.4 is 11.4 Å². The van der Waals surface area contributed by atoms with Gasteiger partial charge in [0.05, 0.1) is 22.8 Å². The van der Waals surface area contributed by atoms with Crippen molar-refractivity contribution in [3.05, 3.63) is 138 Å². The van der Waals surface area contributed by atoms with Crippen LogP contribution in [-0.4, -0.2) is 30.1 Å². The van der Waals surface area contributed by atoms with Crippen LogP contribution in [0.4, 0.5) is 0 Å². The number of aromatic nitrogens is 4. The molecule has 0 spiro atoms. The number of phenols is 2. The largest absolute Gasteiger partial charge is 0.507 e. The van der Waals surface area contributed by atoms with Crippen molar-refractivity contribution in [2.45, 2.75) is 6.42 Å². The summed E-state index contributed by atoms with van der Waals surface area (Å²) in [6.45, 7) is 0. The predicted molar refractivity (Wildman–Crippen MR) is 173 cm³/mol. The summed E-state index contributed by atoms with van der Waals surface area (Å²) in [4.78, 5) is 38.6. The number of nitrogens with zero attached hydrogens (tertiary/aromatic N) is 2. The van der Waals surface area contributed by atoms with Crippen molar-refractivity contribution in [1.29, 1.82) is 0 Å². The van der Waals surface area contributed by atoms with Crippen LogP contribution in [0.15, 0.2) is 116 Å². The zero-order valence-corrected chi connectivity index (χ0v) is 25.5. The SMILES string of the molecule is O=c1nc(-c2ccc(Br)cc2)cc(-c2cc(Cc3ccc(O)c(-c4cc(-c5ccc(Br)cc5)nc(=O)[nH]4)c3)ccc2O)[nH]1. The van der Waals surface area contributed by atoms with Gasteiger partial charge in [-0.1, -0.05) is 68.3 Å². The number of rotatable bonds is 6. The van der Waals surface area contributed by atoms with Crippen LogP contribution in [0.1, 0.15) is 11.1 Å². The summed E-state index contributed by atoms with van der Waals surface area (Å²) in [5, 5.41) is 21.4. The third-order valence-corrected chi connectivity index (χ3v) is 7.94. The maximum atomic E-state index is 12.5. The Kier molecular flexibility index (Phi) is 7.79. The molecular weight excluding hydrogens is 676 g/mol. The molecule has 0 bridgehead atoms. The predicted octanol–water partition coefficient (Wildman–Crippen LogP) is 7.05. The minimum atomic E-state index is -0.530. The number of benzene rings is 4. The van der Waals surface area contributed by atoms with Crippen molar-refractivity contribution < 1.29 is 10.2 Å². The highest BCUT2D eigenvalue weighted by Crippen LogP contribution is 2.33. The number of H-pyrrole nitrogens is 2. The van der Waals surface area contributed by atoms with Crippen molar-refractivity contribution in [2.75, 3.05) is 0 Å². The highest BCUT2D eigenvalue weighted by Gasteiger charge is 2.14. The van der Waals surface area contributed by atoms with E-state index < -0.39 is 11.4 Å². The van der Waals surface area contributed by atoms with Gasteiger partial charge in [-0.05, 0) is 78.2 Å². The molecule has 0 atom stereocenters. The first kappa shape index (κ1) is 28.3.